The number of hydrogen-bond donors (Lipinski definition) is 2. The standard InChI is InChI=1S/C10H10N4O4/c11-4-8-7-3-6(14(17)18)1-2-9(7)13(12-8)5-10(15)16/h1-3H,4-5,11H2,(H,15,16). The molecule has 0 amide bonds. The molecule has 0 aliphatic rings. The Bertz CT molecular complexity index is 634. The van der Waals surface area contributed by atoms with Crippen molar-refractivity contribution in [1.29, 1.82) is 0 Å². The van der Waals surface area contributed by atoms with Crippen molar-refractivity contribution in [2.24, 2.45) is 5.73 Å². The molecule has 8 heteroatoms. The van der Waals surface area contributed by atoms with E-state index in [0.717, 1.165) is 0 Å². The minimum atomic E-state index is -1.04. The first-order chi connectivity index (χ1) is 8.52. The molecule has 18 heavy (non-hydrogen) atoms. The quantitative estimate of drug-likeness (QED) is 0.600. The van der Waals surface area contributed by atoms with E-state index >= 15 is 0 Å². The Labute approximate surface area is 101 Å². The molecule has 0 fully saturated rings. The minimum absolute atomic E-state index is 0.0768. The predicted octanol–water partition coefficient (Wildman–Crippen LogP) is 0.488. The normalized spacial score (nSPS) is 10.7. The lowest BCUT2D eigenvalue weighted by atomic mass is 10.2. The Morgan fingerprint density at radius 3 is 2.83 bits per heavy atom. The summed E-state index contributed by atoms with van der Waals surface area (Å²) in [5.74, 6) is -1.04. The molecule has 0 bridgehead atoms. The number of carbonyl (C=O) groups is 1. The average Bonchev–Trinajstić information content (AvgIpc) is 2.66. The van der Waals surface area contributed by atoms with Gasteiger partial charge in [-0.15, -0.1) is 0 Å². The van der Waals surface area contributed by atoms with Gasteiger partial charge in [-0.25, -0.2) is 0 Å². The molecule has 94 valence electrons. The summed E-state index contributed by atoms with van der Waals surface area (Å²) in [7, 11) is 0. The van der Waals surface area contributed by atoms with Crippen molar-refractivity contribution in [1.82, 2.24) is 9.78 Å². The summed E-state index contributed by atoms with van der Waals surface area (Å²) >= 11 is 0. The summed E-state index contributed by atoms with van der Waals surface area (Å²) in [5, 5.41) is 24.0. The Kier molecular flexibility index (Phi) is 2.94. The van der Waals surface area contributed by atoms with Crippen LogP contribution in [0.25, 0.3) is 10.9 Å². The number of hydrogen-bond acceptors (Lipinski definition) is 5. The molecule has 0 radical (unpaired) electrons. The number of aliphatic carboxylic acids is 1. The van der Waals surface area contributed by atoms with Crippen LogP contribution in [-0.4, -0.2) is 25.8 Å². The lowest BCUT2D eigenvalue weighted by Gasteiger charge is -1.98. The highest BCUT2D eigenvalue weighted by Crippen LogP contribution is 2.23. The molecule has 0 aliphatic heterocycles. The summed E-state index contributed by atoms with van der Waals surface area (Å²) in [6.07, 6.45) is 0. The van der Waals surface area contributed by atoms with Crippen molar-refractivity contribution in [2.75, 3.05) is 0 Å². The molecule has 3 N–H and O–H groups in total. The number of nitrogens with two attached hydrogens (primary N) is 1. The van der Waals surface area contributed by atoms with E-state index in [2.05, 4.69) is 5.10 Å². The number of rotatable bonds is 4. The SMILES string of the molecule is NCc1nn(CC(=O)O)c2ccc([N+](=O)[O-])cc12. The monoisotopic (exact) mass is 250 g/mol. The molecule has 0 saturated heterocycles. The van der Waals surface area contributed by atoms with Gasteiger partial charge in [0.1, 0.15) is 6.54 Å². The van der Waals surface area contributed by atoms with E-state index in [-0.39, 0.29) is 18.8 Å². The lowest BCUT2D eigenvalue weighted by molar-refractivity contribution is -0.384. The summed E-state index contributed by atoms with van der Waals surface area (Å²) in [5.41, 5.74) is 6.37. The Morgan fingerprint density at radius 1 is 1.56 bits per heavy atom. The van der Waals surface area contributed by atoms with Crippen LogP contribution >= 0.6 is 0 Å². The van der Waals surface area contributed by atoms with Gasteiger partial charge in [0.2, 0.25) is 0 Å². The number of benzene rings is 1. The molecule has 2 aromatic rings. The molecular formula is C10H10N4O4. The Balaban J connectivity index is 2.63. The van der Waals surface area contributed by atoms with E-state index in [1.807, 2.05) is 0 Å². The van der Waals surface area contributed by atoms with Crippen LogP contribution in [0.1, 0.15) is 5.69 Å². The van der Waals surface area contributed by atoms with Crippen LogP contribution in [-0.2, 0) is 17.9 Å². The van der Waals surface area contributed by atoms with Gasteiger partial charge < -0.3 is 10.8 Å². The zero-order chi connectivity index (χ0) is 13.3. The van der Waals surface area contributed by atoms with Gasteiger partial charge in [-0.1, -0.05) is 0 Å². The summed E-state index contributed by atoms with van der Waals surface area (Å²) in [6, 6.07) is 4.13. The van der Waals surface area contributed by atoms with Gasteiger partial charge in [-0.05, 0) is 6.07 Å². The van der Waals surface area contributed by atoms with Crippen molar-refractivity contribution in [3.05, 3.63) is 34.0 Å². The molecular weight excluding hydrogens is 240 g/mol. The molecule has 0 atom stereocenters. The number of carboxylic acids is 1. The lowest BCUT2D eigenvalue weighted by Crippen LogP contribution is -2.10. The second-order valence-electron chi connectivity index (χ2n) is 3.66. The maximum Gasteiger partial charge on any atom is 0.325 e. The summed E-state index contributed by atoms with van der Waals surface area (Å²) in [4.78, 5) is 20.8. The van der Waals surface area contributed by atoms with Crippen LogP contribution in [0.4, 0.5) is 5.69 Å². The van der Waals surface area contributed by atoms with Crippen LogP contribution in [0.3, 0.4) is 0 Å². The topological polar surface area (TPSA) is 124 Å². The van der Waals surface area contributed by atoms with Gasteiger partial charge >= 0.3 is 5.97 Å². The van der Waals surface area contributed by atoms with Gasteiger partial charge in [-0.2, -0.15) is 5.10 Å². The van der Waals surface area contributed by atoms with Crippen LogP contribution in [0.15, 0.2) is 18.2 Å². The highest BCUT2D eigenvalue weighted by Gasteiger charge is 2.15. The molecule has 1 heterocycles. The molecule has 0 aliphatic carbocycles. The fourth-order valence-corrected chi connectivity index (χ4v) is 1.75. The average molecular weight is 250 g/mol. The van der Waals surface area contributed by atoms with E-state index < -0.39 is 10.9 Å². The maximum atomic E-state index is 10.7. The third-order valence-electron chi connectivity index (χ3n) is 2.50. The molecule has 1 aromatic heterocycles. The third-order valence-corrected chi connectivity index (χ3v) is 2.50. The van der Waals surface area contributed by atoms with Gasteiger partial charge in [0.15, 0.2) is 0 Å². The molecule has 0 spiro atoms. The number of fused-ring (bicyclic) bond motifs is 1. The third kappa shape index (κ3) is 2.00. The van der Waals surface area contributed by atoms with Gasteiger partial charge in [0.25, 0.3) is 5.69 Å². The van der Waals surface area contributed by atoms with Crippen LogP contribution < -0.4 is 5.73 Å². The van der Waals surface area contributed by atoms with E-state index in [4.69, 9.17) is 10.8 Å². The largest absolute Gasteiger partial charge is 0.480 e. The van der Waals surface area contributed by atoms with Gasteiger partial charge in [-0.3, -0.25) is 19.6 Å². The number of nitrogens with zero attached hydrogens (tertiary/aromatic N) is 3. The molecule has 8 nitrogen and oxygen atoms in total. The zero-order valence-electron chi connectivity index (χ0n) is 9.24. The van der Waals surface area contributed by atoms with Gasteiger partial charge in [0, 0.05) is 24.1 Å². The summed E-state index contributed by atoms with van der Waals surface area (Å²) < 4.78 is 1.27. The highest BCUT2D eigenvalue weighted by molar-refractivity contribution is 5.85. The van der Waals surface area contributed by atoms with Crippen molar-refractivity contribution < 1.29 is 14.8 Å². The predicted molar refractivity (Wildman–Crippen MR) is 61.9 cm³/mol. The smallest absolute Gasteiger partial charge is 0.325 e. The molecule has 0 saturated carbocycles. The number of aromatic nitrogens is 2. The van der Waals surface area contributed by atoms with Crippen molar-refractivity contribution in [3.8, 4) is 0 Å². The van der Waals surface area contributed by atoms with E-state index in [0.29, 0.717) is 16.6 Å². The van der Waals surface area contributed by atoms with Crippen LogP contribution in [0.2, 0.25) is 0 Å². The molecule has 0 unspecified atom stereocenters. The number of nitro benzene ring substituents is 1. The van der Waals surface area contributed by atoms with Crippen molar-refractivity contribution in [2.45, 2.75) is 13.1 Å². The van der Waals surface area contributed by atoms with Crippen molar-refractivity contribution in [3.63, 3.8) is 0 Å². The Hall–Kier alpha value is -2.48. The van der Waals surface area contributed by atoms with Crippen LogP contribution in [0, 0.1) is 10.1 Å². The van der Waals surface area contributed by atoms with Crippen LogP contribution in [0.5, 0.6) is 0 Å². The second-order valence-corrected chi connectivity index (χ2v) is 3.66. The minimum Gasteiger partial charge on any atom is -0.480 e. The van der Waals surface area contributed by atoms with E-state index in [9.17, 15) is 14.9 Å². The molecule has 1 aromatic carbocycles. The maximum absolute atomic E-state index is 10.7. The Morgan fingerprint density at radius 2 is 2.28 bits per heavy atom. The highest BCUT2D eigenvalue weighted by atomic mass is 16.6. The zero-order valence-corrected chi connectivity index (χ0v) is 9.24. The first-order valence-electron chi connectivity index (χ1n) is 5.08. The fourth-order valence-electron chi connectivity index (χ4n) is 1.75. The first kappa shape index (κ1) is 12.0. The van der Waals surface area contributed by atoms with Crippen molar-refractivity contribution >= 4 is 22.6 Å². The summed E-state index contributed by atoms with van der Waals surface area (Å²) in [6.45, 7) is -0.224. The number of non-ortho nitro benzene ring substituents is 1. The molecule has 2 rings (SSSR count). The van der Waals surface area contributed by atoms with Gasteiger partial charge in [0.05, 0.1) is 16.1 Å². The first-order valence-corrected chi connectivity index (χ1v) is 5.08. The second kappa shape index (κ2) is 4.41. The number of nitro groups is 1. The fraction of sp³-hybridized carbons (Fsp3) is 0.200. The van der Waals surface area contributed by atoms with E-state index in [1.165, 1.54) is 22.9 Å². The van der Waals surface area contributed by atoms with E-state index in [1.54, 1.807) is 0 Å². The number of carboxylic acid groups (broad SMARTS) is 1.